The van der Waals surface area contributed by atoms with Crippen LogP contribution in [0.15, 0.2) is 18.2 Å². The van der Waals surface area contributed by atoms with E-state index in [1.165, 1.54) is 12.1 Å². The van der Waals surface area contributed by atoms with E-state index in [2.05, 4.69) is 5.32 Å². The maximum Gasteiger partial charge on any atom is 0.418 e. The van der Waals surface area contributed by atoms with Gasteiger partial charge in [-0.3, -0.25) is 0 Å². The molecule has 0 bridgehead atoms. The van der Waals surface area contributed by atoms with E-state index in [9.17, 15) is 13.2 Å². The molecule has 1 rings (SSSR count). The van der Waals surface area contributed by atoms with E-state index in [1.807, 2.05) is 13.8 Å². The molecule has 1 unspecified atom stereocenters. The molecule has 1 aromatic carbocycles. The quantitative estimate of drug-likeness (QED) is 0.873. The van der Waals surface area contributed by atoms with Crippen LogP contribution in [0.3, 0.4) is 0 Å². The second-order valence-corrected chi connectivity index (χ2v) is 4.99. The average molecular weight is 285 g/mol. The Morgan fingerprint density at radius 2 is 2.00 bits per heavy atom. The van der Waals surface area contributed by atoms with Gasteiger partial charge in [0.1, 0.15) is 0 Å². The molecular weight excluding hydrogens is 267 g/mol. The van der Waals surface area contributed by atoms with E-state index >= 15 is 0 Å². The predicted octanol–water partition coefficient (Wildman–Crippen LogP) is 3.22. The molecule has 0 radical (unpaired) electrons. The van der Waals surface area contributed by atoms with Crippen LogP contribution in [0.5, 0.6) is 0 Å². The minimum Gasteiger partial charge on any atom is -0.384 e. The Labute approximate surface area is 116 Å². The molecule has 0 saturated carbocycles. The summed E-state index contributed by atoms with van der Waals surface area (Å²) in [7, 11) is 0. The summed E-state index contributed by atoms with van der Waals surface area (Å²) in [5, 5.41) is 11.5. The molecule has 110 valence electrons. The van der Waals surface area contributed by atoms with Crippen molar-refractivity contribution in [3.63, 3.8) is 0 Å². The lowest BCUT2D eigenvalue weighted by Gasteiger charge is -2.21. The fourth-order valence-corrected chi connectivity index (χ4v) is 1.83. The van der Waals surface area contributed by atoms with Crippen LogP contribution in [-0.4, -0.2) is 13.1 Å². The molecule has 3 N–H and O–H groups in total. The highest BCUT2D eigenvalue weighted by Gasteiger charge is 2.34. The summed E-state index contributed by atoms with van der Waals surface area (Å²) in [6.45, 7) is 4.72. The Morgan fingerprint density at radius 1 is 1.35 bits per heavy atom. The van der Waals surface area contributed by atoms with Crippen LogP contribution in [0.4, 0.5) is 18.9 Å². The Morgan fingerprint density at radius 3 is 2.45 bits per heavy atom. The first-order valence-corrected chi connectivity index (χ1v) is 6.34. The average Bonchev–Trinajstić information content (AvgIpc) is 2.38. The Hall–Kier alpha value is -1.74. The van der Waals surface area contributed by atoms with E-state index in [0.717, 1.165) is 6.07 Å². The first kappa shape index (κ1) is 16.3. The molecule has 1 aromatic rings. The molecule has 0 aromatic heterocycles. The number of anilines is 1. The number of nitrogens with zero attached hydrogens (tertiary/aromatic N) is 1. The van der Waals surface area contributed by atoms with Gasteiger partial charge in [-0.25, -0.2) is 0 Å². The minimum atomic E-state index is -4.49. The number of nitriles is 1. The van der Waals surface area contributed by atoms with Crippen LogP contribution in [0.2, 0.25) is 0 Å². The number of benzene rings is 1. The van der Waals surface area contributed by atoms with E-state index in [1.54, 1.807) is 6.07 Å². The number of alkyl halides is 3. The highest BCUT2D eigenvalue weighted by atomic mass is 19.4. The van der Waals surface area contributed by atoms with Crippen molar-refractivity contribution in [3.8, 4) is 6.07 Å². The number of hydrogen-bond acceptors (Lipinski definition) is 3. The molecule has 6 heteroatoms. The summed E-state index contributed by atoms with van der Waals surface area (Å²) in [5.74, 6) is 0.368. The van der Waals surface area contributed by atoms with Gasteiger partial charge in [0.05, 0.1) is 17.2 Å². The van der Waals surface area contributed by atoms with Crippen molar-refractivity contribution in [2.24, 2.45) is 17.6 Å². The summed E-state index contributed by atoms with van der Waals surface area (Å²) in [4.78, 5) is 0. The summed E-state index contributed by atoms with van der Waals surface area (Å²) in [6.07, 6.45) is -4.49. The lowest BCUT2D eigenvalue weighted by Crippen LogP contribution is -2.28. The van der Waals surface area contributed by atoms with Gasteiger partial charge in [0.25, 0.3) is 0 Å². The van der Waals surface area contributed by atoms with Gasteiger partial charge < -0.3 is 11.1 Å². The third-order valence-electron chi connectivity index (χ3n) is 3.25. The van der Waals surface area contributed by atoms with E-state index in [4.69, 9.17) is 11.0 Å². The highest BCUT2D eigenvalue weighted by molar-refractivity contribution is 5.56. The normalized spacial score (nSPS) is 13.1. The van der Waals surface area contributed by atoms with Crippen LogP contribution >= 0.6 is 0 Å². The summed E-state index contributed by atoms with van der Waals surface area (Å²) >= 11 is 0. The van der Waals surface area contributed by atoms with E-state index < -0.39 is 11.7 Å². The van der Waals surface area contributed by atoms with Gasteiger partial charge in [-0.05, 0) is 36.6 Å². The van der Waals surface area contributed by atoms with Gasteiger partial charge in [0.2, 0.25) is 0 Å². The van der Waals surface area contributed by atoms with Gasteiger partial charge in [-0.15, -0.1) is 0 Å². The zero-order chi connectivity index (χ0) is 15.3. The molecule has 0 fully saturated rings. The summed E-state index contributed by atoms with van der Waals surface area (Å²) in [6, 6.07) is 5.22. The number of hydrogen-bond donors (Lipinski definition) is 2. The van der Waals surface area contributed by atoms with Crippen molar-refractivity contribution in [2.75, 3.05) is 18.4 Å². The van der Waals surface area contributed by atoms with Crippen molar-refractivity contribution < 1.29 is 13.2 Å². The van der Waals surface area contributed by atoms with Crippen LogP contribution in [0, 0.1) is 23.2 Å². The molecule has 0 spiro atoms. The highest BCUT2D eigenvalue weighted by Crippen LogP contribution is 2.35. The molecule has 1 atom stereocenters. The van der Waals surface area contributed by atoms with E-state index in [-0.39, 0.29) is 23.1 Å². The van der Waals surface area contributed by atoms with Gasteiger partial charge >= 0.3 is 6.18 Å². The fourth-order valence-electron chi connectivity index (χ4n) is 1.83. The van der Waals surface area contributed by atoms with Gasteiger partial charge in [0, 0.05) is 12.2 Å². The molecule has 0 aliphatic heterocycles. The van der Waals surface area contributed by atoms with Gasteiger partial charge in [-0.1, -0.05) is 13.8 Å². The number of halogens is 3. The van der Waals surface area contributed by atoms with Crippen molar-refractivity contribution in [1.82, 2.24) is 0 Å². The number of rotatable bonds is 5. The van der Waals surface area contributed by atoms with Crippen molar-refractivity contribution >= 4 is 5.69 Å². The first-order valence-electron chi connectivity index (χ1n) is 6.34. The third kappa shape index (κ3) is 4.14. The van der Waals surface area contributed by atoms with Crippen LogP contribution < -0.4 is 11.1 Å². The van der Waals surface area contributed by atoms with Crippen LogP contribution in [-0.2, 0) is 6.18 Å². The molecule has 0 aliphatic rings. The first-order chi connectivity index (χ1) is 9.29. The lowest BCUT2D eigenvalue weighted by atomic mass is 9.96. The molecule has 0 aliphatic carbocycles. The predicted molar refractivity (Wildman–Crippen MR) is 72.0 cm³/mol. The topological polar surface area (TPSA) is 61.8 Å². The Balaban J connectivity index is 2.98. The monoisotopic (exact) mass is 285 g/mol. The largest absolute Gasteiger partial charge is 0.418 e. The maximum absolute atomic E-state index is 13.0. The second kappa shape index (κ2) is 6.62. The van der Waals surface area contributed by atoms with E-state index in [0.29, 0.717) is 13.1 Å². The standard InChI is InChI=1S/C14H18F3N3/c1-9(2)11(7-19)8-20-13-4-3-10(6-18)5-12(13)14(15,16)17/h3-5,9,11,20H,7-8,19H2,1-2H3. The summed E-state index contributed by atoms with van der Waals surface area (Å²) < 4.78 is 38.9. The van der Waals surface area contributed by atoms with Gasteiger partial charge in [-0.2, -0.15) is 18.4 Å². The smallest absolute Gasteiger partial charge is 0.384 e. The third-order valence-corrected chi connectivity index (χ3v) is 3.25. The Bertz CT molecular complexity index is 489. The zero-order valence-electron chi connectivity index (χ0n) is 11.5. The van der Waals surface area contributed by atoms with Crippen molar-refractivity contribution in [1.29, 1.82) is 5.26 Å². The lowest BCUT2D eigenvalue weighted by molar-refractivity contribution is -0.137. The molecule has 0 heterocycles. The zero-order valence-corrected chi connectivity index (χ0v) is 11.5. The van der Waals surface area contributed by atoms with Crippen molar-refractivity contribution in [2.45, 2.75) is 20.0 Å². The number of nitrogens with two attached hydrogens (primary N) is 1. The second-order valence-electron chi connectivity index (χ2n) is 4.99. The molecule has 3 nitrogen and oxygen atoms in total. The van der Waals surface area contributed by atoms with Crippen LogP contribution in [0.25, 0.3) is 0 Å². The molecule has 0 amide bonds. The maximum atomic E-state index is 13.0. The van der Waals surface area contributed by atoms with Crippen LogP contribution in [0.1, 0.15) is 25.0 Å². The SMILES string of the molecule is CC(C)C(CN)CNc1ccc(C#N)cc1C(F)(F)F. The fraction of sp³-hybridized carbons (Fsp3) is 0.500. The number of nitrogens with one attached hydrogen (secondary N) is 1. The molecule has 20 heavy (non-hydrogen) atoms. The molecular formula is C14H18F3N3. The minimum absolute atomic E-state index is 0.0119. The van der Waals surface area contributed by atoms with Gasteiger partial charge in [0.15, 0.2) is 0 Å². The Kier molecular flexibility index (Phi) is 5.40. The molecule has 0 saturated heterocycles. The van der Waals surface area contributed by atoms with Crippen molar-refractivity contribution in [3.05, 3.63) is 29.3 Å². The summed E-state index contributed by atoms with van der Waals surface area (Å²) in [5.41, 5.74) is 4.75.